The van der Waals surface area contributed by atoms with Crippen LogP contribution in [0.4, 0.5) is 14.5 Å². The number of ether oxygens (including phenoxy) is 1. The molecule has 0 saturated heterocycles. The quantitative estimate of drug-likeness (QED) is 0.844. The number of rotatable bonds is 3. The average molecular weight is 242 g/mol. The monoisotopic (exact) mass is 242 g/mol. The zero-order chi connectivity index (χ0) is 12.3. The van der Waals surface area contributed by atoms with Crippen LogP contribution in [0.3, 0.4) is 0 Å². The Kier molecular flexibility index (Phi) is 3.41. The van der Waals surface area contributed by atoms with Gasteiger partial charge in [0.05, 0.1) is 17.8 Å². The van der Waals surface area contributed by atoms with Gasteiger partial charge in [-0.3, -0.25) is 4.79 Å². The van der Waals surface area contributed by atoms with Gasteiger partial charge in [0.2, 0.25) is 0 Å². The van der Waals surface area contributed by atoms with E-state index in [4.69, 9.17) is 4.74 Å². The smallest absolute Gasteiger partial charge is 0.255 e. The minimum absolute atomic E-state index is 0.273. The van der Waals surface area contributed by atoms with Crippen molar-refractivity contribution in [1.29, 1.82) is 0 Å². The van der Waals surface area contributed by atoms with E-state index in [-0.39, 0.29) is 5.56 Å². The second-order valence-electron chi connectivity index (χ2n) is 3.56. The Hall–Kier alpha value is -1.85. The highest BCUT2D eigenvalue weighted by Crippen LogP contribution is 2.30. The summed E-state index contributed by atoms with van der Waals surface area (Å²) < 4.78 is 29.4. The number of hydrogen-bond donors (Lipinski definition) is 2. The number of carbonyl (C=O) groups excluding carboxylic acids is 1. The molecule has 1 aliphatic rings. The van der Waals surface area contributed by atoms with Gasteiger partial charge in [0.15, 0.2) is 5.75 Å². The first-order valence-electron chi connectivity index (χ1n) is 5.24. The van der Waals surface area contributed by atoms with Crippen LogP contribution in [0.2, 0.25) is 0 Å². The molecular weight excluding hydrogens is 230 g/mol. The molecule has 0 radical (unpaired) electrons. The molecule has 1 amide bonds. The van der Waals surface area contributed by atoms with Gasteiger partial charge >= 0.3 is 0 Å². The molecule has 1 aromatic carbocycles. The van der Waals surface area contributed by atoms with Gasteiger partial charge < -0.3 is 15.4 Å². The largest absolute Gasteiger partial charge is 0.489 e. The van der Waals surface area contributed by atoms with Crippen LogP contribution in [0, 0.1) is 0 Å². The Morgan fingerprint density at radius 3 is 3.12 bits per heavy atom. The molecule has 1 heterocycles. The third-order valence-electron chi connectivity index (χ3n) is 2.34. The normalized spacial score (nSPS) is 13.6. The number of amides is 1. The van der Waals surface area contributed by atoms with Gasteiger partial charge in [0.1, 0.15) is 6.61 Å². The van der Waals surface area contributed by atoms with Crippen molar-refractivity contribution in [1.82, 2.24) is 5.32 Å². The molecule has 0 aliphatic carbocycles. The summed E-state index contributed by atoms with van der Waals surface area (Å²) in [6, 6.07) is 5.00. The van der Waals surface area contributed by atoms with E-state index in [1.165, 1.54) is 0 Å². The Bertz CT molecular complexity index is 424. The van der Waals surface area contributed by atoms with Crippen molar-refractivity contribution in [3.8, 4) is 5.75 Å². The lowest BCUT2D eigenvalue weighted by molar-refractivity contribution is 0.0888. The molecule has 0 spiro atoms. The number of fused-ring (bicyclic) bond motifs is 1. The van der Waals surface area contributed by atoms with E-state index in [1.54, 1.807) is 18.2 Å². The zero-order valence-corrected chi connectivity index (χ0v) is 9.00. The van der Waals surface area contributed by atoms with Crippen LogP contribution in [-0.2, 0) is 0 Å². The van der Waals surface area contributed by atoms with Crippen molar-refractivity contribution in [2.24, 2.45) is 0 Å². The molecule has 0 bridgehead atoms. The maximum absolute atomic E-state index is 12.0. The predicted octanol–water partition coefficient (Wildman–Crippen LogP) is 1.49. The van der Waals surface area contributed by atoms with Gasteiger partial charge in [-0.1, -0.05) is 6.07 Å². The summed E-state index contributed by atoms with van der Waals surface area (Å²) in [5.74, 6) is -0.128. The standard InChI is InChI=1S/C11H12F2N2O2/c12-9(13)6-15-11(16)7-2-1-3-8-10(7)17-5-4-14-8/h1-3,9,14H,4-6H2,(H,15,16). The SMILES string of the molecule is O=C(NCC(F)F)c1cccc2c1OCCN2. The van der Waals surface area contributed by atoms with Gasteiger partial charge in [0.25, 0.3) is 12.3 Å². The number of nitrogens with one attached hydrogen (secondary N) is 2. The van der Waals surface area contributed by atoms with Crippen molar-refractivity contribution >= 4 is 11.6 Å². The van der Waals surface area contributed by atoms with Crippen LogP contribution in [0.5, 0.6) is 5.75 Å². The summed E-state index contributed by atoms with van der Waals surface area (Å²) in [5.41, 5.74) is 0.983. The highest BCUT2D eigenvalue weighted by Gasteiger charge is 2.19. The Morgan fingerprint density at radius 2 is 2.35 bits per heavy atom. The van der Waals surface area contributed by atoms with Gasteiger partial charge in [0, 0.05) is 6.54 Å². The summed E-state index contributed by atoms with van der Waals surface area (Å²) in [4.78, 5) is 11.7. The van der Waals surface area contributed by atoms with Crippen molar-refractivity contribution in [3.05, 3.63) is 23.8 Å². The van der Waals surface area contributed by atoms with Crippen LogP contribution in [-0.4, -0.2) is 32.0 Å². The minimum Gasteiger partial charge on any atom is -0.489 e. The molecule has 0 unspecified atom stereocenters. The van der Waals surface area contributed by atoms with Crippen molar-refractivity contribution < 1.29 is 18.3 Å². The molecule has 92 valence electrons. The molecule has 1 aliphatic heterocycles. The number of para-hydroxylation sites is 1. The predicted molar refractivity (Wildman–Crippen MR) is 58.8 cm³/mol. The Balaban J connectivity index is 2.17. The fourth-order valence-corrected chi connectivity index (χ4v) is 1.61. The van der Waals surface area contributed by atoms with Gasteiger partial charge in [-0.15, -0.1) is 0 Å². The summed E-state index contributed by atoms with van der Waals surface area (Å²) in [6.07, 6.45) is -2.56. The molecule has 0 atom stereocenters. The fourth-order valence-electron chi connectivity index (χ4n) is 1.61. The van der Waals surface area contributed by atoms with Gasteiger partial charge in [-0.25, -0.2) is 8.78 Å². The second-order valence-corrected chi connectivity index (χ2v) is 3.56. The number of benzene rings is 1. The third-order valence-corrected chi connectivity index (χ3v) is 2.34. The first-order chi connectivity index (χ1) is 8.18. The summed E-state index contributed by atoms with van der Waals surface area (Å²) in [5, 5.41) is 5.22. The second kappa shape index (κ2) is 4.99. The minimum atomic E-state index is -2.56. The van der Waals surface area contributed by atoms with Crippen LogP contribution in [0.15, 0.2) is 18.2 Å². The van der Waals surface area contributed by atoms with Crippen LogP contribution < -0.4 is 15.4 Å². The summed E-state index contributed by atoms with van der Waals surface area (Å²) in [6.45, 7) is 0.456. The molecule has 0 fully saturated rings. The number of hydrogen-bond acceptors (Lipinski definition) is 3. The lowest BCUT2D eigenvalue weighted by atomic mass is 10.1. The Morgan fingerprint density at radius 1 is 1.53 bits per heavy atom. The maximum Gasteiger partial charge on any atom is 0.255 e. The van der Waals surface area contributed by atoms with E-state index < -0.39 is 18.9 Å². The number of alkyl halides is 2. The van der Waals surface area contributed by atoms with E-state index in [0.717, 1.165) is 0 Å². The molecule has 2 N–H and O–H groups in total. The van der Waals surface area contributed by atoms with E-state index in [9.17, 15) is 13.6 Å². The maximum atomic E-state index is 12.0. The average Bonchev–Trinajstić information content (AvgIpc) is 2.35. The Labute approximate surface area is 97.0 Å². The van der Waals surface area contributed by atoms with E-state index in [0.29, 0.717) is 24.6 Å². The van der Waals surface area contributed by atoms with Crippen molar-refractivity contribution in [2.75, 3.05) is 25.0 Å². The number of halogens is 2. The molecule has 2 rings (SSSR count). The fraction of sp³-hybridized carbons (Fsp3) is 0.364. The van der Waals surface area contributed by atoms with E-state index in [2.05, 4.69) is 10.6 Å². The van der Waals surface area contributed by atoms with Crippen molar-refractivity contribution in [3.63, 3.8) is 0 Å². The van der Waals surface area contributed by atoms with Gasteiger partial charge in [-0.05, 0) is 12.1 Å². The lowest BCUT2D eigenvalue weighted by Crippen LogP contribution is -2.30. The molecule has 0 saturated carbocycles. The third kappa shape index (κ3) is 2.64. The van der Waals surface area contributed by atoms with E-state index >= 15 is 0 Å². The topological polar surface area (TPSA) is 50.4 Å². The van der Waals surface area contributed by atoms with Crippen molar-refractivity contribution in [2.45, 2.75) is 6.43 Å². The summed E-state index contributed by atoms with van der Waals surface area (Å²) in [7, 11) is 0. The molecule has 1 aromatic rings. The van der Waals surface area contributed by atoms with Crippen LogP contribution in [0.1, 0.15) is 10.4 Å². The summed E-state index contributed by atoms with van der Waals surface area (Å²) >= 11 is 0. The molecule has 17 heavy (non-hydrogen) atoms. The van der Waals surface area contributed by atoms with Crippen LogP contribution in [0.25, 0.3) is 0 Å². The number of carbonyl (C=O) groups is 1. The first-order valence-corrected chi connectivity index (χ1v) is 5.24. The molecular formula is C11H12F2N2O2. The lowest BCUT2D eigenvalue weighted by Gasteiger charge is -2.21. The van der Waals surface area contributed by atoms with E-state index in [1.807, 2.05) is 0 Å². The van der Waals surface area contributed by atoms with Crippen LogP contribution >= 0.6 is 0 Å². The molecule has 6 heteroatoms. The molecule has 0 aromatic heterocycles. The highest BCUT2D eigenvalue weighted by atomic mass is 19.3. The molecule has 4 nitrogen and oxygen atoms in total. The first kappa shape index (κ1) is 11.6. The van der Waals surface area contributed by atoms with Gasteiger partial charge in [-0.2, -0.15) is 0 Å². The number of anilines is 1. The zero-order valence-electron chi connectivity index (χ0n) is 9.00. The highest BCUT2D eigenvalue weighted by molar-refractivity contribution is 5.98.